The van der Waals surface area contributed by atoms with E-state index >= 15 is 0 Å². The molecule has 7 nitrogen and oxygen atoms in total. The number of carbonyl (C=O) groups excluding carboxylic acids is 2. The molecule has 0 aliphatic heterocycles. The first kappa shape index (κ1) is 23.8. The van der Waals surface area contributed by atoms with E-state index < -0.39 is 0 Å². The number of benzene rings is 3. The number of hydrogen-bond donors (Lipinski definition) is 2. The highest BCUT2D eigenvalue weighted by atomic mass is 16.5. The van der Waals surface area contributed by atoms with Crippen LogP contribution in [0.3, 0.4) is 0 Å². The van der Waals surface area contributed by atoms with Crippen molar-refractivity contribution in [3.63, 3.8) is 0 Å². The summed E-state index contributed by atoms with van der Waals surface area (Å²) >= 11 is 0. The summed E-state index contributed by atoms with van der Waals surface area (Å²) in [5, 5.41) is 5.75. The van der Waals surface area contributed by atoms with E-state index in [9.17, 15) is 9.59 Å². The van der Waals surface area contributed by atoms with Gasteiger partial charge in [0.1, 0.15) is 18.1 Å². The van der Waals surface area contributed by atoms with Gasteiger partial charge in [0.25, 0.3) is 11.8 Å². The third kappa shape index (κ3) is 6.59. The Bertz CT molecular complexity index is 1270. The molecule has 0 spiro atoms. The molecule has 0 fully saturated rings. The summed E-state index contributed by atoms with van der Waals surface area (Å²) in [5.41, 5.74) is 3.22. The van der Waals surface area contributed by atoms with Crippen molar-refractivity contribution in [1.82, 2.24) is 5.32 Å². The van der Waals surface area contributed by atoms with Gasteiger partial charge in [0, 0.05) is 12.1 Å². The van der Waals surface area contributed by atoms with Gasteiger partial charge in [-0.1, -0.05) is 36.4 Å². The number of hydrogen-bond acceptors (Lipinski definition) is 5. The van der Waals surface area contributed by atoms with Gasteiger partial charge in [-0.3, -0.25) is 9.59 Å². The fourth-order valence-corrected chi connectivity index (χ4v) is 3.50. The molecular formula is C28H26N2O5. The van der Waals surface area contributed by atoms with Crippen molar-refractivity contribution >= 4 is 17.5 Å². The van der Waals surface area contributed by atoms with Crippen LogP contribution in [0.5, 0.6) is 5.75 Å². The van der Waals surface area contributed by atoms with Crippen molar-refractivity contribution in [2.75, 3.05) is 12.4 Å². The molecule has 35 heavy (non-hydrogen) atoms. The van der Waals surface area contributed by atoms with Crippen LogP contribution in [0, 0.1) is 0 Å². The van der Waals surface area contributed by atoms with E-state index in [0.717, 1.165) is 16.9 Å². The number of rotatable bonds is 10. The maximum absolute atomic E-state index is 12.9. The summed E-state index contributed by atoms with van der Waals surface area (Å²) in [6.07, 6.45) is 1.62. The van der Waals surface area contributed by atoms with Crippen molar-refractivity contribution in [2.45, 2.75) is 19.8 Å². The largest absolute Gasteiger partial charge is 0.497 e. The van der Waals surface area contributed by atoms with Gasteiger partial charge in [0.05, 0.1) is 31.2 Å². The van der Waals surface area contributed by atoms with Gasteiger partial charge in [0.2, 0.25) is 0 Å². The Hall–Kier alpha value is -4.36. The molecule has 178 valence electrons. The molecular weight excluding hydrogens is 444 g/mol. The number of furan rings is 1. The molecule has 0 saturated carbocycles. The number of ether oxygens (including phenoxy) is 2. The summed E-state index contributed by atoms with van der Waals surface area (Å²) in [4.78, 5) is 25.6. The maximum atomic E-state index is 12.9. The smallest absolute Gasteiger partial charge is 0.255 e. The SMILES string of the molecule is COc1ccc(C(=O)Nc2ccccc2C(=O)NCc2cccc(COCc3ccco3)c2)cc1. The summed E-state index contributed by atoms with van der Waals surface area (Å²) in [5.74, 6) is 0.839. The lowest BCUT2D eigenvalue weighted by molar-refractivity contribution is 0.0928. The molecule has 0 bridgehead atoms. The van der Waals surface area contributed by atoms with E-state index in [-0.39, 0.29) is 11.8 Å². The van der Waals surface area contributed by atoms with Crippen LogP contribution in [0.2, 0.25) is 0 Å². The quantitative estimate of drug-likeness (QED) is 0.333. The Labute approximate surface area is 203 Å². The predicted octanol–water partition coefficient (Wildman–Crippen LogP) is 5.19. The van der Waals surface area contributed by atoms with Crippen LogP contribution in [0.25, 0.3) is 0 Å². The number of anilines is 1. The van der Waals surface area contributed by atoms with Gasteiger partial charge < -0.3 is 24.5 Å². The zero-order chi connectivity index (χ0) is 24.5. The highest BCUT2D eigenvalue weighted by Crippen LogP contribution is 2.18. The van der Waals surface area contributed by atoms with E-state index in [1.165, 1.54) is 0 Å². The summed E-state index contributed by atoms with van der Waals surface area (Å²) in [7, 11) is 1.57. The Kier molecular flexibility index (Phi) is 7.93. The fraction of sp³-hybridized carbons (Fsp3) is 0.143. The normalized spacial score (nSPS) is 10.5. The third-order valence-corrected chi connectivity index (χ3v) is 5.31. The van der Waals surface area contributed by atoms with Crippen LogP contribution in [-0.4, -0.2) is 18.9 Å². The lowest BCUT2D eigenvalue weighted by Crippen LogP contribution is -2.25. The minimum absolute atomic E-state index is 0.282. The predicted molar refractivity (Wildman–Crippen MR) is 132 cm³/mol. The molecule has 0 aliphatic rings. The van der Waals surface area contributed by atoms with Crippen molar-refractivity contribution < 1.29 is 23.5 Å². The van der Waals surface area contributed by atoms with Crippen molar-refractivity contribution in [1.29, 1.82) is 0 Å². The number of methoxy groups -OCH3 is 1. The fourth-order valence-electron chi connectivity index (χ4n) is 3.50. The summed E-state index contributed by atoms with van der Waals surface area (Å²) in [6, 6.07) is 25.2. The first-order chi connectivity index (χ1) is 17.1. The molecule has 4 aromatic rings. The van der Waals surface area contributed by atoms with E-state index in [2.05, 4.69) is 10.6 Å². The number of carbonyl (C=O) groups is 2. The number of nitrogens with one attached hydrogen (secondary N) is 2. The van der Waals surface area contributed by atoms with E-state index in [1.54, 1.807) is 61.9 Å². The Morgan fingerprint density at radius 3 is 2.40 bits per heavy atom. The molecule has 4 rings (SSSR count). The molecule has 0 saturated heterocycles. The number of para-hydroxylation sites is 1. The van der Waals surface area contributed by atoms with Gasteiger partial charge in [-0.25, -0.2) is 0 Å². The van der Waals surface area contributed by atoms with Crippen LogP contribution < -0.4 is 15.4 Å². The molecule has 1 heterocycles. The summed E-state index contributed by atoms with van der Waals surface area (Å²) < 4.78 is 16.1. The van der Waals surface area contributed by atoms with Gasteiger partial charge >= 0.3 is 0 Å². The molecule has 2 amide bonds. The van der Waals surface area contributed by atoms with Crippen LogP contribution in [0.4, 0.5) is 5.69 Å². The van der Waals surface area contributed by atoms with E-state index in [1.807, 2.05) is 36.4 Å². The Balaban J connectivity index is 1.35. The van der Waals surface area contributed by atoms with Crippen molar-refractivity contribution in [2.24, 2.45) is 0 Å². The molecule has 7 heteroatoms. The molecule has 0 atom stereocenters. The van der Waals surface area contributed by atoms with Gasteiger partial charge in [0.15, 0.2) is 0 Å². The van der Waals surface area contributed by atoms with E-state index in [4.69, 9.17) is 13.9 Å². The minimum Gasteiger partial charge on any atom is -0.497 e. The highest BCUT2D eigenvalue weighted by molar-refractivity contribution is 6.09. The standard InChI is InChI=1S/C28H26N2O5/c1-33-23-13-11-22(12-14-23)27(31)30-26-10-3-2-9-25(26)28(32)29-17-20-6-4-7-21(16-20)18-34-19-24-8-5-15-35-24/h2-16H,17-19H2,1H3,(H,29,32)(H,30,31). The molecule has 1 aromatic heterocycles. The zero-order valence-electron chi connectivity index (χ0n) is 19.3. The van der Waals surface area contributed by atoms with E-state index in [0.29, 0.717) is 42.3 Å². The molecule has 2 N–H and O–H groups in total. The molecule has 0 unspecified atom stereocenters. The molecule has 3 aromatic carbocycles. The first-order valence-corrected chi connectivity index (χ1v) is 11.1. The second-order valence-electron chi connectivity index (χ2n) is 7.80. The average molecular weight is 471 g/mol. The second kappa shape index (κ2) is 11.7. The Morgan fingerprint density at radius 1 is 0.829 bits per heavy atom. The topological polar surface area (TPSA) is 89.8 Å². The second-order valence-corrected chi connectivity index (χ2v) is 7.80. The average Bonchev–Trinajstić information content (AvgIpc) is 3.41. The summed E-state index contributed by atoms with van der Waals surface area (Å²) in [6.45, 7) is 1.17. The van der Waals surface area contributed by atoms with Gasteiger partial charge in [-0.15, -0.1) is 0 Å². The lowest BCUT2D eigenvalue weighted by atomic mass is 10.1. The molecule has 0 radical (unpaired) electrons. The zero-order valence-corrected chi connectivity index (χ0v) is 19.3. The Morgan fingerprint density at radius 2 is 1.63 bits per heavy atom. The van der Waals surface area contributed by atoms with Gasteiger partial charge in [-0.05, 0) is 59.7 Å². The van der Waals surface area contributed by atoms with Gasteiger partial charge in [-0.2, -0.15) is 0 Å². The van der Waals surface area contributed by atoms with Crippen LogP contribution in [0.15, 0.2) is 95.6 Å². The van der Waals surface area contributed by atoms with Crippen LogP contribution >= 0.6 is 0 Å². The third-order valence-electron chi connectivity index (χ3n) is 5.31. The van der Waals surface area contributed by atoms with Crippen molar-refractivity contribution in [3.05, 3.63) is 119 Å². The van der Waals surface area contributed by atoms with Crippen LogP contribution in [0.1, 0.15) is 37.6 Å². The highest BCUT2D eigenvalue weighted by Gasteiger charge is 2.14. The van der Waals surface area contributed by atoms with Crippen molar-refractivity contribution in [3.8, 4) is 5.75 Å². The maximum Gasteiger partial charge on any atom is 0.255 e. The number of amides is 2. The first-order valence-electron chi connectivity index (χ1n) is 11.1. The lowest BCUT2D eigenvalue weighted by Gasteiger charge is -2.12. The van der Waals surface area contributed by atoms with Crippen LogP contribution in [-0.2, 0) is 24.5 Å². The monoisotopic (exact) mass is 470 g/mol. The molecule has 0 aliphatic carbocycles. The minimum atomic E-state index is -0.310.